The Morgan fingerprint density at radius 3 is 2.38 bits per heavy atom. The molecule has 120 valence electrons. The van der Waals surface area contributed by atoms with Crippen molar-refractivity contribution in [2.75, 3.05) is 5.32 Å². The van der Waals surface area contributed by atoms with Gasteiger partial charge in [0.25, 0.3) is 5.69 Å². The molecule has 0 fully saturated rings. The maximum absolute atomic E-state index is 11.1. The van der Waals surface area contributed by atoms with Crippen LogP contribution in [-0.4, -0.2) is 25.8 Å². The predicted octanol–water partition coefficient (Wildman–Crippen LogP) is 2.80. The third kappa shape index (κ3) is 3.12. The van der Waals surface area contributed by atoms with E-state index in [4.69, 9.17) is 0 Å². The summed E-state index contributed by atoms with van der Waals surface area (Å²) in [4.78, 5) is 21.3. The monoisotopic (exact) mass is 323 g/mol. The van der Waals surface area contributed by atoms with Crippen LogP contribution >= 0.6 is 0 Å². The van der Waals surface area contributed by atoms with Gasteiger partial charge in [0.1, 0.15) is 0 Å². The van der Waals surface area contributed by atoms with E-state index in [1.807, 2.05) is 12.1 Å². The molecule has 24 heavy (non-hydrogen) atoms. The van der Waals surface area contributed by atoms with E-state index in [1.165, 1.54) is 19.1 Å². The number of nitrogens with one attached hydrogen (secondary N) is 1. The molecule has 3 rings (SSSR count). The molecule has 0 saturated heterocycles. The largest absolute Gasteiger partial charge is 0.326 e. The lowest BCUT2D eigenvalue weighted by molar-refractivity contribution is -0.384. The predicted molar refractivity (Wildman–Crippen MR) is 87.8 cm³/mol. The van der Waals surface area contributed by atoms with Crippen molar-refractivity contribution < 1.29 is 9.72 Å². The van der Waals surface area contributed by atoms with Crippen LogP contribution in [0.5, 0.6) is 0 Å². The van der Waals surface area contributed by atoms with E-state index >= 15 is 0 Å². The molecule has 1 aromatic heterocycles. The Bertz CT molecular complexity index is 885. The molecular weight excluding hydrogens is 310 g/mol. The maximum atomic E-state index is 11.1. The highest BCUT2D eigenvalue weighted by atomic mass is 16.6. The van der Waals surface area contributed by atoms with Crippen LogP contribution in [0.2, 0.25) is 0 Å². The fourth-order valence-corrected chi connectivity index (χ4v) is 2.27. The second kappa shape index (κ2) is 6.29. The summed E-state index contributed by atoms with van der Waals surface area (Å²) in [6.07, 6.45) is 1.61. The van der Waals surface area contributed by atoms with Gasteiger partial charge in [-0.3, -0.25) is 14.9 Å². The minimum absolute atomic E-state index is 0.0140. The number of anilines is 1. The minimum Gasteiger partial charge on any atom is -0.326 e. The van der Waals surface area contributed by atoms with Crippen LogP contribution < -0.4 is 5.32 Å². The average Bonchev–Trinajstić information content (AvgIpc) is 3.04. The molecule has 1 heterocycles. The van der Waals surface area contributed by atoms with Gasteiger partial charge in [-0.05, 0) is 24.3 Å². The Morgan fingerprint density at radius 2 is 1.79 bits per heavy atom. The molecule has 0 radical (unpaired) electrons. The zero-order valence-electron chi connectivity index (χ0n) is 12.7. The lowest BCUT2D eigenvalue weighted by Gasteiger charge is -2.07. The number of nitrogens with zero attached hydrogens (tertiary/aromatic N) is 4. The Balaban J connectivity index is 1.92. The van der Waals surface area contributed by atoms with E-state index in [2.05, 4.69) is 15.6 Å². The Hall–Kier alpha value is -3.55. The van der Waals surface area contributed by atoms with Crippen molar-refractivity contribution in [2.45, 2.75) is 6.92 Å². The molecule has 3 aromatic rings. The summed E-state index contributed by atoms with van der Waals surface area (Å²) in [5, 5.41) is 21.4. The van der Waals surface area contributed by atoms with Crippen molar-refractivity contribution in [3.63, 3.8) is 0 Å². The van der Waals surface area contributed by atoms with Gasteiger partial charge in [-0.25, -0.2) is 4.68 Å². The van der Waals surface area contributed by atoms with Crippen molar-refractivity contribution >= 4 is 17.3 Å². The summed E-state index contributed by atoms with van der Waals surface area (Å²) < 4.78 is 1.59. The van der Waals surface area contributed by atoms with Gasteiger partial charge < -0.3 is 5.32 Å². The first-order valence-electron chi connectivity index (χ1n) is 7.08. The SMILES string of the molecule is CC(=O)Nc1ccc(-c2cnnn2-c2ccc([N+](=O)[O-])cc2)cc1. The normalized spacial score (nSPS) is 10.4. The average molecular weight is 323 g/mol. The topological polar surface area (TPSA) is 103 Å². The molecule has 0 saturated carbocycles. The van der Waals surface area contributed by atoms with Gasteiger partial charge in [0, 0.05) is 30.3 Å². The molecule has 0 unspecified atom stereocenters. The molecule has 0 atom stereocenters. The molecular formula is C16H13N5O3. The maximum Gasteiger partial charge on any atom is 0.269 e. The second-order valence-electron chi connectivity index (χ2n) is 5.06. The number of hydrogen-bond donors (Lipinski definition) is 1. The highest BCUT2D eigenvalue weighted by molar-refractivity contribution is 5.88. The highest BCUT2D eigenvalue weighted by Gasteiger charge is 2.11. The van der Waals surface area contributed by atoms with Crippen molar-refractivity contribution in [1.29, 1.82) is 0 Å². The van der Waals surface area contributed by atoms with Crippen LogP contribution in [0.3, 0.4) is 0 Å². The number of non-ortho nitro benzene ring substituents is 1. The summed E-state index contributed by atoms with van der Waals surface area (Å²) in [5.41, 5.74) is 2.96. The van der Waals surface area contributed by atoms with Crippen LogP contribution in [0.1, 0.15) is 6.92 Å². The minimum atomic E-state index is -0.452. The van der Waals surface area contributed by atoms with E-state index in [0.29, 0.717) is 11.4 Å². The summed E-state index contributed by atoms with van der Waals surface area (Å²) in [5.74, 6) is -0.139. The van der Waals surface area contributed by atoms with Crippen LogP contribution in [0.25, 0.3) is 16.9 Å². The number of aromatic nitrogens is 3. The van der Waals surface area contributed by atoms with E-state index in [-0.39, 0.29) is 11.6 Å². The van der Waals surface area contributed by atoms with Crippen molar-refractivity contribution in [1.82, 2.24) is 15.0 Å². The quantitative estimate of drug-likeness (QED) is 0.587. The van der Waals surface area contributed by atoms with E-state index in [1.54, 1.807) is 35.1 Å². The van der Waals surface area contributed by atoms with Gasteiger partial charge in [-0.15, -0.1) is 5.10 Å². The van der Waals surface area contributed by atoms with Gasteiger partial charge >= 0.3 is 0 Å². The number of carbonyl (C=O) groups excluding carboxylic acids is 1. The zero-order chi connectivity index (χ0) is 17.1. The summed E-state index contributed by atoms with van der Waals surface area (Å²) >= 11 is 0. The lowest BCUT2D eigenvalue weighted by Crippen LogP contribution is -2.05. The third-order valence-corrected chi connectivity index (χ3v) is 3.36. The molecule has 0 bridgehead atoms. The molecule has 2 aromatic carbocycles. The Labute approximate surface area is 136 Å². The Morgan fingerprint density at radius 1 is 1.12 bits per heavy atom. The number of nitro groups is 1. The summed E-state index contributed by atoms with van der Waals surface area (Å²) in [6.45, 7) is 1.45. The van der Waals surface area contributed by atoms with Crippen LogP contribution in [-0.2, 0) is 4.79 Å². The molecule has 0 aliphatic carbocycles. The molecule has 0 aliphatic heterocycles. The number of benzene rings is 2. The number of carbonyl (C=O) groups is 1. The molecule has 0 spiro atoms. The van der Waals surface area contributed by atoms with Gasteiger partial charge in [0.05, 0.1) is 22.5 Å². The third-order valence-electron chi connectivity index (χ3n) is 3.36. The first kappa shape index (κ1) is 15.3. The van der Waals surface area contributed by atoms with Gasteiger partial charge in [-0.1, -0.05) is 17.3 Å². The molecule has 1 N–H and O–H groups in total. The second-order valence-corrected chi connectivity index (χ2v) is 5.06. The number of amides is 1. The van der Waals surface area contributed by atoms with E-state index < -0.39 is 4.92 Å². The highest BCUT2D eigenvalue weighted by Crippen LogP contribution is 2.24. The lowest BCUT2D eigenvalue weighted by atomic mass is 10.1. The first-order chi connectivity index (χ1) is 11.5. The number of hydrogen-bond acceptors (Lipinski definition) is 5. The summed E-state index contributed by atoms with van der Waals surface area (Å²) in [6, 6.07) is 13.3. The van der Waals surface area contributed by atoms with Crippen LogP contribution in [0.4, 0.5) is 11.4 Å². The standard InChI is InChI=1S/C16H13N5O3/c1-11(22)18-13-4-2-12(3-5-13)16-10-17-19-20(16)14-6-8-15(9-7-14)21(23)24/h2-10H,1H3,(H,18,22). The fourth-order valence-electron chi connectivity index (χ4n) is 2.27. The van der Waals surface area contributed by atoms with Crippen LogP contribution in [0.15, 0.2) is 54.7 Å². The first-order valence-corrected chi connectivity index (χ1v) is 7.08. The molecule has 1 amide bonds. The smallest absolute Gasteiger partial charge is 0.269 e. The molecule has 0 aliphatic rings. The Kier molecular flexibility index (Phi) is 4.02. The van der Waals surface area contributed by atoms with Gasteiger partial charge in [0.15, 0.2) is 0 Å². The number of nitro benzene ring substituents is 1. The van der Waals surface area contributed by atoms with Gasteiger partial charge in [0.2, 0.25) is 5.91 Å². The fraction of sp³-hybridized carbons (Fsp3) is 0.0625. The van der Waals surface area contributed by atoms with Crippen molar-refractivity contribution in [2.24, 2.45) is 0 Å². The molecule has 8 heteroatoms. The summed E-state index contributed by atoms with van der Waals surface area (Å²) in [7, 11) is 0. The van der Waals surface area contributed by atoms with Crippen LogP contribution in [0, 0.1) is 10.1 Å². The van der Waals surface area contributed by atoms with E-state index in [0.717, 1.165) is 11.3 Å². The van der Waals surface area contributed by atoms with Crippen molar-refractivity contribution in [3.8, 4) is 16.9 Å². The van der Waals surface area contributed by atoms with Gasteiger partial charge in [-0.2, -0.15) is 0 Å². The molecule has 8 nitrogen and oxygen atoms in total. The zero-order valence-corrected chi connectivity index (χ0v) is 12.7. The van der Waals surface area contributed by atoms with E-state index in [9.17, 15) is 14.9 Å². The van der Waals surface area contributed by atoms with Crippen molar-refractivity contribution in [3.05, 3.63) is 64.8 Å². The number of rotatable bonds is 4.